The molecule has 8 aromatic heterocycles. The molecule has 12 aromatic rings. The molecular formula is C40H12Br4N24O4. The summed E-state index contributed by atoms with van der Waals surface area (Å²) in [7, 11) is 0. The number of halogens is 4. The second-order valence-electron chi connectivity index (χ2n) is 15.2. The van der Waals surface area contributed by atoms with Gasteiger partial charge in [-0.1, -0.05) is 115 Å². The summed E-state index contributed by atoms with van der Waals surface area (Å²) < 4.78 is 8.16. The van der Waals surface area contributed by atoms with Crippen molar-refractivity contribution >= 4 is 110 Å². The number of nitrogens with zero attached hydrogens (tertiary/aromatic N) is 24. The van der Waals surface area contributed by atoms with E-state index in [-0.39, 0.29) is 57.6 Å². The number of hydrogen-bond acceptors (Lipinski definition) is 24. The minimum atomic E-state index is -0.161. The number of rotatable bonds is 0. The first-order chi connectivity index (χ1) is 34.9. The zero-order chi connectivity index (χ0) is 49.1. The van der Waals surface area contributed by atoms with E-state index >= 15 is 0 Å². The number of aromatic nitrogens is 24. The number of carbonyl (C=O) groups excluding carboxylic acids is 4. The third-order valence-electron chi connectivity index (χ3n) is 11.1. The van der Waals surface area contributed by atoms with Crippen LogP contribution in [0.4, 0.5) is 0 Å². The van der Waals surface area contributed by atoms with Gasteiger partial charge in [0.25, 0.3) is 23.1 Å². The lowest BCUT2D eigenvalue weighted by Crippen LogP contribution is -2.06. The van der Waals surface area contributed by atoms with Gasteiger partial charge in [0, 0.05) is 62.4 Å². The summed E-state index contributed by atoms with van der Waals surface area (Å²) in [6.07, 6.45) is 0. The van der Waals surface area contributed by atoms with Gasteiger partial charge >= 0.3 is 0 Å². The predicted octanol–water partition coefficient (Wildman–Crippen LogP) is 3.55. The van der Waals surface area contributed by atoms with Crippen LogP contribution in [0.2, 0.25) is 0 Å². The molecule has 4 aliphatic carbocycles. The fourth-order valence-corrected chi connectivity index (χ4v) is 9.38. The molecular weight excluding hydrogens is 1200 g/mol. The topological polar surface area (TPSA) is 344 Å². The summed E-state index contributed by atoms with van der Waals surface area (Å²) in [6, 6.07) is 21.7. The van der Waals surface area contributed by atoms with E-state index in [2.05, 4.69) is 166 Å². The normalized spacial score (nSPS) is 12.8. The summed E-state index contributed by atoms with van der Waals surface area (Å²) in [5.41, 5.74) is 8.60. The Balaban J connectivity index is 0.0000000933. The highest BCUT2D eigenvalue weighted by atomic mass is 79.9. The lowest BCUT2D eigenvalue weighted by atomic mass is 10.1. The Bertz CT molecular complexity index is 4140. The molecule has 0 saturated carbocycles. The number of carbonyl (C=O) groups is 4. The van der Waals surface area contributed by atoms with Crippen LogP contribution in [-0.4, -0.2) is 144 Å². The van der Waals surface area contributed by atoms with Gasteiger partial charge in [0.15, 0.2) is 11.4 Å². The first-order valence-electron chi connectivity index (χ1n) is 20.2. The number of ketones is 4. The highest BCUT2D eigenvalue weighted by Crippen LogP contribution is 2.39. The van der Waals surface area contributed by atoms with Crippen molar-refractivity contribution in [3.8, 4) is 45.0 Å². The van der Waals surface area contributed by atoms with Crippen molar-refractivity contribution in [3.63, 3.8) is 0 Å². The Morgan fingerprint density at radius 3 is 1.00 bits per heavy atom. The summed E-state index contributed by atoms with van der Waals surface area (Å²) >= 11 is 13.4. The molecule has 0 unspecified atom stereocenters. The third-order valence-corrected chi connectivity index (χ3v) is 13.0. The maximum Gasteiger partial charge on any atom is 0.292 e. The summed E-state index contributed by atoms with van der Waals surface area (Å²) in [5, 5.41) is 59.9. The van der Waals surface area contributed by atoms with Gasteiger partial charge in [-0.25, -0.2) is 19.9 Å². The van der Waals surface area contributed by atoms with Crippen LogP contribution in [0.1, 0.15) is 64.2 Å². The number of tetrazole rings is 4. The standard InChI is InChI=1S/4C10H3BrN6O/c11-4-1-2-5-6(3-4)7-8(9(5)18)12-10-13-15-16-17(10)14-7;11-4-1-2-5-6(3-4)7-8(9(5)18)14-17-10(12-7)13-15-16-17;11-4-1-2-5-6(3-4)9(18)8-7(5)14-17-10(12-8)13-15-16-17;11-4-1-2-5-6(3-4)9(18)8-7(5)12-10-13-15-16-17(10)14-8/h4*1-3H. The van der Waals surface area contributed by atoms with Crippen molar-refractivity contribution < 1.29 is 19.2 Å². The van der Waals surface area contributed by atoms with Gasteiger partial charge in [-0.2, -0.15) is 0 Å². The van der Waals surface area contributed by atoms with Gasteiger partial charge in [0.05, 0.1) is 0 Å². The molecule has 0 spiro atoms. The Labute approximate surface area is 428 Å². The smallest absolute Gasteiger partial charge is 0.287 e. The molecule has 0 bridgehead atoms. The molecule has 0 atom stereocenters. The van der Waals surface area contributed by atoms with Gasteiger partial charge in [-0.05, 0) is 102 Å². The van der Waals surface area contributed by atoms with Crippen LogP contribution in [0.15, 0.2) is 90.7 Å². The SMILES string of the molecule is O=C1c2cc(Br)ccc2-c2nc3nnnn3nc21.O=C1c2cc(Br)ccc2-c2nn3nnnc3nc21.O=C1c2ccc(Br)cc2-c2nc3nnnn3nc21.O=C1c2ccc(Br)cc2-c2nn3nnnc3nc21. The largest absolute Gasteiger partial charge is 0.292 e. The van der Waals surface area contributed by atoms with Crippen LogP contribution in [0.3, 0.4) is 0 Å². The van der Waals surface area contributed by atoms with Gasteiger partial charge in [0.1, 0.15) is 34.2 Å². The van der Waals surface area contributed by atoms with Crippen molar-refractivity contribution in [2.75, 3.05) is 0 Å². The minimum absolute atomic E-state index is 0.148. The van der Waals surface area contributed by atoms with Crippen molar-refractivity contribution in [3.05, 3.63) is 136 Å². The van der Waals surface area contributed by atoms with E-state index in [0.29, 0.717) is 56.4 Å². The molecule has 0 saturated heterocycles. The molecule has 32 heteroatoms. The molecule has 8 heterocycles. The quantitative estimate of drug-likeness (QED) is 0.209. The summed E-state index contributed by atoms with van der Waals surface area (Å²) in [4.78, 5) is 65.6. The van der Waals surface area contributed by atoms with Crippen LogP contribution in [0, 0.1) is 0 Å². The fourth-order valence-electron chi connectivity index (χ4n) is 7.93. The molecule has 0 N–H and O–H groups in total. The Morgan fingerprint density at radius 2 is 0.569 bits per heavy atom. The average Bonchev–Trinajstić information content (AvgIpc) is 4.28. The Hall–Kier alpha value is -8.88. The maximum absolute atomic E-state index is 12.2. The lowest BCUT2D eigenvalue weighted by molar-refractivity contribution is 0.102. The zero-order valence-corrected chi connectivity index (χ0v) is 41.2. The summed E-state index contributed by atoms with van der Waals surface area (Å²) in [5.74, 6) is 0.364. The third kappa shape index (κ3) is 6.89. The van der Waals surface area contributed by atoms with Gasteiger partial charge in [0.2, 0.25) is 23.1 Å². The molecule has 0 amide bonds. The molecule has 4 aromatic carbocycles. The van der Waals surface area contributed by atoms with E-state index in [4.69, 9.17) is 0 Å². The van der Waals surface area contributed by atoms with E-state index in [0.717, 1.165) is 49.4 Å². The molecule has 72 heavy (non-hydrogen) atoms. The van der Waals surface area contributed by atoms with Gasteiger partial charge in [-0.3, -0.25) is 19.2 Å². The van der Waals surface area contributed by atoms with Gasteiger partial charge in [-0.15, -0.1) is 20.4 Å². The maximum atomic E-state index is 12.2. The molecule has 16 rings (SSSR count). The van der Waals surface area contributed by atoms with Crippen molar-refractivity contribution in [1.29, 1.82) is 0 Å². The molecule has 0 aliphatic heterocycles. The minimum Gasteiger partial charge on any atom is -0.287 e. The van der Waals surface area contributed by atoms with Gasteiger partial charge < -0.3 is 0 Å². The zero-order valence-electron chi connectivity index (χ0n) is 34.8. The van der Waals surface area contributed by atoms with Crippen LogP contribution < -0.4 is 0 Å². The van der Waals surface area contributed by atoms with E-state index < -0.39 is 0 Å². The van der Waals surface area contributed by atoms with Crippen LogP contribution in [0.5, 0.6) is 0 Å². The Morgan fingerprint density at radius 1 is 0.292 bits per heavy atom. The van der Waals surface area contributed by atoms with Crippen LogP contribution >= 0.6 is 63.7 Å². The first kappa shape index (κ1) is 43.2. The van der Waals surface area contributed by atoms with E-state index in [1.54, 1.807) is 24.3 Å². The second-order valence-corrected chi connectivity index (χ2v) is 18.8. The van der Waals surface area contributed by atoms with E-state index in [1.807, 2.05) is 48.5 Å². The lowest BCUT2D eigenvalue weighted by Gasteiger charge is -1.98. The first-order valence-corrected chi connectivity index (χ1v) is 23.4. The van der Waals surface area contributed by atoms with Crippen molar-refractivity contribution in [1.82, 2.24) is 121 Å². The molecule has 0 fully saturated rings. The highest BCUT2D eigenvalue weighted by Gasteiger charge is 2.35. The fraction of sp³-hybridized carbons (Fsp3) is 0. The van der Waals surface area contributed by atoms with E-state index in [9.17, 15) is 19.2 Å². The number of hydrogen-bond donors (Lipinski definition) is 0. The predicted molar refractivity (Wildman–Crippen MR) is 252 cm³/mol. The molecule has 4 aliphatic rings. The van der Waals surface area contributed by atoms with Crippen LogP contribution in [0.25, 0.3) is 68.1 Å². The average molecular weight is 1210 g/mol. The molecule has 344 valence electrons. The number of benzene rings is 4. The van der Waals surface area contributed by atoms with Crippen LogP contribution in [-0.2, 0) is 0 Å². The molecule has 0 radical (unpaired) electrons. The monoisotopic (exact) mass is 1210 g/mol. The molecule has 28 nitrogen and oxygen atoms in total. The van der Waals surface area contributed by atoms with Crippen molar-refractivity contribution in [2.24, 2.45) is 0 Å². The Kier molecular flexibility index (Phi) is 9.80. The van der Waals surface area contributed by atoms with Crippen molar-refractivity contribution in [2.45, 2.75) is 0 Å². The highest BCUT2D eigenvalue weighted by molar-refractivity contribution is 9.11. The van der Waals surface area contributed by atoms with E-state index in [1.165, 1.54) is 9.26 Å². The summed E-state index contributed by atoms with van der Waals surface area (Å²) in [6.45, 7) is 0. The number of fused-ring (bicyclic) bond motifs is 16. The second kappa shape index (κ2) is 16.4.